The molecule has 3 N–H and O–H groups in total. The molecule has 0 aromatic heterocycles. The first-order valence-electron chi connectivity index (χ1n) is 5.57. The van der Waals surface area contributed by atoms with Gasteiger partial charge in [0.1, 0.15) is 0 Å². The van der Waals surface area contributed by atoms with Gasteiger partial charge in [-0.3, -0.25) is 10.1 Å². The number of rotatable bonds is 4. The number of aromatic hydroxyl groups is 1. The topological polar surface area (TPSA) is 89.4 Å². The van der Waals surface area contributed by atoms with E-state index in [4.69, 9.17) is 5.73 Å². The van der Waals surface area contributed by atoms with E-state index >= 15 is 0 Å². The molecule has 0 atom stereocenters. The van der Waals surface area contributed by atoms with Crippen LogP contribution in [-0.2, 0) is 5.41 Å². The molecule has 1 aromatic carbocycles. The average Bonchev–Trinajstić information content (AvgIpc) is 2.21. The summed E-state index contributed by atoms with van der Waals surface area (Å²) in [7, 11) is 0. The van der Waals surface area contributed by atoms with Crippen molar-refractivity contribution in [3.8, 4) is 5.75 Å². The summed E-state index contributed by atoms with van der Waals surface area (Å²) in [5, 5.41) is 20.3. The van der Waals surface area contributed by atoms with Gasteiger partial charge in [0.05, 0.1) is 10.6 Å². The first kappa shape index (κ1) is 13.3. The van der Waals surface area contributed by atoms with Crippen LogP contribution in [0.1, 0.15) is 39.2 Å². The second-order valence-corrected chi connectivity index (χ2v) is 4.82. The van der Waals surface area contributed by atoms with Gasteiger partial charge in [-0.15, -0.1) is 0 Å². The van der Waals surface area contributed by atoms with E-state index in [1.165, 1.54) is 6.07 Å². The lowest BCUT2D eigenvalue weighted by atomic mass is 9.80. The number of anilines is 1. The average molecular weight is 238 g/mol. The molecule has 94 valence electrons. The molecule has 0 aliphatic heterocycles. The summed E-state index contributed by atoms with van der Waals surface area (Å²) < 4.78 is 0. The van der Waals surface area contributed by atoms with E-state index < -0.39 is 10.7 Å². The fourth-order valence-electron chi connectivity index (χ4n) is 1.94. The number of nitrogens with zero attached hydrogens (tertiary/aromatic N) is 1. The van der Waals surface area contributed by atoms with Crippen LogP contribution in [0.2, 0.25) is 0 Å². The molecule has 0 aliphatic rings. The molecule has 1 aromatic rings. The molecule has 0 radical (unpaired) electrons. The molecule has 0 saturated heterocycles. The highest BCUT2D eigenvalue weighted by atomic mass is 16.6. The predicted molar refractivity (Wildman–Crippen MR) is 67.1 cm³/mol. The Morgan fingerprint density at radius 3 is 2.53 bits per heavy atom. The van der Waals surface area contributed by atoms with Gasteiger partial charge in [-0.05, 0) is 23.5 Å². The molecule has 0 bridgehead atoms. The fraction of sp³-hybridized carbons (Fsp3) is 0.500. The Balaban J connectivity index is 3.33. The zero-order chi connectivity index (χ0) is 13.2. The Hall–Kier alpha value is -1.78. The number of hydrogen-bond donors (Lipinski definition) is 2. The molecule has 1 rings (SSSR count). The van der Waals surface area contributed by atoms with Gasteiger partial charge in [0.15, 0.2) is 0 Å². The summed E-state index contributed by atoms with van der Waals surface area (Å²) in [6.07, 6.45) is 1.87. The van der Waals surface area contributed by atoms with Gasteiger partial charge >= 0.3 is 5.69 Å². The second kappa shape index (κ2) is 4.61. The van der Waals surface area contributed by atoms with Crippen molar-refractivity contribution in [3.63, 3.8) is 0 Å². The first-order valence-corrected chi connectivity index (χ1v) is 5.57. The maximum Gasteiger partial charge on any atom is 0.313 e. The number of nitrogens with two attached hydrogens (primary N) is 1. The van der Waals surface area contributed by atoms with Crippen LogP contribution in [0.25, 0.3) is 0 Å². The van der Waals surface area contributed by atoms with Gasteiger partial charge in [-0.1, -0.05) is 27.2 Å². The van der Waals surface area contributed by atoms with E-state index in [9.17, 15) is 15.2 Å². The Kier molecular flexibility index (Phi) is 3.60. The van der Waals surface area contributed by atoms with Crippen LogP contribution in [0.15, 0.2) is 12.1 Å². The largest absolute Gasteiger partial charge is 0.501 e. The van der Waals surface area contributed by atoms with Gasteiger partial charge in [-0.2, -0.15) is 0 Å². The number of phenols is 1. The highest BCUT2D eigenvalue weighted by Crippen LogP contribution is 2.38. The zero-order valence-electron chi connectivity index (χ0n) is 10.4. The molecular formula is C12H18N2O3. The summed E-state index contributed by atoms with van der Waals surface area (Å²) in [5.41, 5.74) is 5.91. The predicted octanol–water partition coefficient (Wildman–Crippen LogP) is 2.96. The van der Waals surface area contributed by atoms with Crippen molar-refractivity contribution in [1.29, 1.82) is 0 Å². The molecule has 0 fully saturated rings. The van der Waals surface area contributed by atoms with Crippen LogP contribution in [0, 0.1) is 10.1 Å². The van der Waals surface area contributed by atoms with Crippen molar-refractivity contribution < 1.29 is 10.0 Å². The molecule has 5 heteroatoms. The fourth-order valence-corrected chi connectivity index (χ4v) is 1.94. The van der Waals surface area contributed by atoms with Crippen LogP contribution >= 0.6 is 0 Å². The van der Waals surface area contributed by atoms with Crippen LogP contribution < -0.4 is 5.73 Å². The maximum absolute atomic E-state index is 10.8. The SMILES string of the molecule is CCCC(C)(C)c1cc(N)c(O)c([N+](=O)[O-])c1. The minimum atomic E-state index is -0.614. The van der Waals surface area contributed by atoms with E-state index in [0.29, 0.717) is 0 Å². The number of phenolic OH excluding ortho intramolecular Hbond substituents is 1. The van der Waals surface area contributed by atoms with E-state index in [0.717, 1.165) is 18.4 Å². The summed E-state index contributed by atoms with van der Waals surface area (Å²) in [6, 6.07) is 3.01. The van der Waals surface area contributed by atoms with Gasteiger partial charge in [0, 0.05) is 6.07 Å². The van der Waals surface area contributed by atoms with Crippen molar-refractivity contribution in [1.82, 2.24) is 0 Å². The number of benzene rings is 1. The monoisotopic (exact) mass is 238 g/mol. The lowest BCUT2D eigenvalue weighted by Crippen LogP contribution is -2.17. The minimum Gasteiger partial charge on any atom is -0.501 e. The van der Waals surface area contributed by atoms with Crippen LogP contribution in [0.5, 0.6) is 5.75 Å². The van der Waals surface area contributed by atoms with Crippen molar-refractivity contribution in [2.24, 2.45) is 0 Å². The van der Waals surface area contributed by atoms with Crippen molar-refractivity contribution >= 4 is 11.4 Å². The third-order valence-electron chi connectivity index (χ3n) is 2.97. The third-order valence-corrected chi connectivity index (χ3v) is 2.97. The van der Waals surface area contributed by atoms with Gasteiger partial charge in [0.25, 0.3) is 0 Å². The number of nitro groups is 1. The minimum absolute atomic E-state index is 0.0541. The highest BCUT2D eigenvalue weighted by molar-refractivity contribution is 5.65. The lowest BCUT2D eigenvalue weighted by Gasteiger charge is -2.25. The molecule has 5 nitrogen and oxygen atoms in total. The molecule has 0 spiro atoms. The third kappa shape index (κ3) is 2.67. The van der Waals surface area contributed by atoms with Crippen LogP contribution in [0.4, 0.5) is 11.4 Å². The molecule has 0 saturated carbocycles. The Morgan fingerprint density at radius 2 is 2.06 bits per heavy atom. The van der Waals surface area contributed by atoms with Gasteiger partial charge in [-0.25, -0.2) is 0 Å². The van der Waals surface area contributed by atoms with Crippen molar-refractivity contribution in [2.45, 2.75) is 39.0 Å². The summed E-state index contributed by atoms with van der Waals surface area (Å²) in [5.74, 6) is -0.453. The Morgan fingerprint density at radius 1 is 1.47 bits per heavy atom. The quantitative estimate of drug-likeness (QED) is 0.365. The second-order valence-electron chi connectivity index (χ2n) is 4.82. The van der Waals surface area contributed by atoms with Gasteiger partial charge in [0.2, 0.25) is 5.75 Å². The first-order chi connectivity index (χ1) is 7.79. The van der Waals surface area contributed by atoms with Crippen LogP contribution in [0.3, 0.4) is 0 Å². The number of nitro benzene ring substituents is 1. The van der Waals surface area contributed by atoms with Crippen molar-refractivity contribution in [3.05, 3.63) is 27.8 Å². The number of nitrogen functional groups attached to an aromatic ring is 1. The summed E-state index contributed by atoms with van der Waals surface area (Å²) >= 11 is 0. The van der Waals surface area contributed by atoms with Crippen molar-refractivity contribution in [2.75, 3.05) is 5.73 Å². The standard InChI is InChI=1S/C12H18N2O3/c1-4-5-12(2,3)8-6-9(13)11(15)10(7-8)14(16)17/h6-7,15H,4-5,13H2,1-3H3. The smallest absolute Gasteiger partial charge is 0.313 e. The molecule has 0 aliphatic carbocycles. The highest BCUT2D eigenvalue weighted by Gasteiger charge is 2.25. The molecular weight excluding hydrogens is 220 g/mol. The summed E-state index contributed by atoms with van der Waals surface area (Å²) in [6.45, 7) is 6.07. The molecule has 0 unspecified atom stereocenters. The zero-order valence-corrected chi connectivity index (χ0v) is 10.4. The van der Waals surface area contributed by atoms with E-state index in [-0.39, 0.29) is 16.8 Å². The molecule has 17 heavy (non-hydrogen) atoms. The normalized spacial score (nSPS) is 11.5. The molecule has 0 amide bonds. The maximum atomic E-state index is 10.8. The van der Waals surface area contributed by atoms with Gasteiger partial charge < -0.3 is 10.8 Å². The Bertz CT molecular complexity index is 442. The van der Waals surface area contributed by atoms with E-state index in [2.05, 4.69) is 6.92 Å². The van der Waals surface area contributed by atoms with E-state index in [1.54, 1.807) is 6.07 Å². The van der Waals surface area contributed by atoms with E-state index in [1.807, 2.05) is 13.8 Å². The van der Waals surface area contributed by atoms with Crippen LogP contribution in [-0.4, -0.2) is 10.0 Å². The lowest BCUT2D eigenvalue weighted by molar-refractivity contribution is -0.385. The summed E-state index contributed by atoms with van der Waals surface area (Å²) in [4.78, 5) is 10.2. The molecule has 0 heterocycles. The Labute approximate surface area is 100 Å². The number of hydrogen-bond acceptors (Lipinski definition) is 4.